The number of hydrogen-bond acceptors (Lipinski definition) is 3. The van der Waals surface area contributed by atoms with E-state index in [4.69, 9.17) is 0 Å². The first-order chi connectivity index (χ1) is 9.28. The van der Waals surface area contributed by atoms with Gasteiger partial charge in [-0.3, -0.25) is 0 Å². The number of nitrogens with one attached hydrogen (secondary N) is 1. The summed E-state index contributed by atoms with van der Waals surface area (Å²) in [5, 5.41) is 3.44. The highest BCUT2D eigenvalue weighted by molar-refractivity contribution is 7.86. The van der Waals surface area contributed by atoms with Gasteiger partial charge in [0.05, 0.1) is 0 Å². The third-order valence-corrected chi connectivity index (χ3v) is 6.19. The molecule has 120 valence electrons. The van der Waals surface area contributed by atoms with E-state index in [2.05, 4.69) is 19.2 Å². The molecule has 1 heterocycles. The van der Waals surface area contributed by atoms with Crippen molar-refractivity contribution >= 4 is 10.2 Å². The molecular formula is C14H31N3O2S. The van der Waals surface area contributed by atoms with E-state index in [1.54, 1.807) is 8.61 Å². The van der Waals surface area contributed by atoms with Crippen molar-refractivity contribution < 1.29 is 8.42 Å². The van der Waals surface area contributed by atoms with Crippen molar-refractivity contribution in [3.05, 3.63) is 0 Å². The van der Waals surface area contributed by atoms with Crippen LogP contribution in [-0.2, 0) is 10.2 Å². The highest BCUT2D eigenvalue weighted by Crippen LogP contribution is 2.22. The maximum atomic E-state index is 12.6. The Kier molecular flexibility index (Phi) is 6.91. The van der Waals surface area contributed by atoms with Crippen molar-refractivity contribution in [1.29, 1.82) is 0 Å². The lowest BCUT2D eigenvalue weighted by atomic mass is 9.98. The first kappa shape index (κ1) is 17.9. The summed E-state index contributed by atoms with van der Waals surface area (Å²) in [6, 6.07) is 0.513. The summed E-state index contributed by atoms with van der Waals surface area (Å²) >= 11 is 0. The summed E-state index contributed by atoms with van der Waals surface area (Å²) in [6.45, 7) is 12.9. The van der Waals surface area contributed by atoms with Crippen molar-refractivity contribution in [2.75, 3.05) is 26.2 Å². The lowest BCUT2D eigenvalue weighted by Gasteiger charge is -2.36. The molecule has 1 aliphatic rings. The van der Waals surface area contributed by atoms with Gasteiger partial charge in [0, 0.05) is 31.7 Å². The molecule has 0 unspecified atom stereocenters. The van der Waals surface area contributed by atoms with Gasteiger partial charge in [-0.25, -0.2) is 0 Å². The van der Waals surface area contributed by atoms with Gasteiger partial charge in [-0.15, -0.1) is 0 Å². The van der Waals surface area contributed by atoms with Crippen molar-refractivity contribution in [1.82, 2.24) is 13.9 Å². The van der Waals surface area contributed by atoms with Crippen LogP contribution in [0.15, 0.2) is 0 Å². The number of nitrogens with zero attached hydrogens (tertiary/aromatic N) is 2. The van der Waals surface area contributed by atoms with E-state index in [9.17, 15) is 8.42 Å². The molecule has 0 radical (unpaired) electrons. The van der Waals surface area contributed by atoms with E-state index in [0.29, 0.717) is 31.6 Å². The minimum atomic E-state index is -3.28. The predicted octanol–water partition coefficient (Wildman–Crippen LogP) is 1.67. The Balaban J connectivity index is 2.56. The molecule has 0 amide bonds. The second-order valence-electron chi connectivity index (χ2n) is 6.21. The largest absolute Gasteiger partial charge is 0.314 e. The maximum absolute atomic E-state index is 12.6. The first-order valence-electron chi connectivity index (χ1n) is 7.79. The molecule has 1 fully saturated rings. The van der Waals surface area contributed by atoms with Crippen LogP contribution in [-0.4, -0.2) is 55.3 Å². The standard InChI is InChI=1S/C14H31N3O2S/c1-6-17(13(4)5)20(18,19)16-9-7-14(8-10-16)11-15-12(2)3/h12-15H,6-11H2,1-5H3. The average molecular weight is 305 g/mol. The first-order valence-corrected chi connectivity index (χ1v) is 9.19. The predicted molar refractivity (Wildman–Crippen MR) is 83.9 cm³/mol. The summed E-state index contributed by atoms with van der Waals surface area (Å²) in [5.74, 6) is 0.595. The molecule has 0 atom stereocenters. The number of hydrogen-bond donors (Lipinski definition) is 1. The molecule has 1 aliphatic heterocycles. The second-order valence-corrected chi connectivity index (χ2v) is 8.09. The van der Waals surface area contributed by atoms with Gasteiger partial charge in [0.2, 0.25) is 0 Å². The normalized spacial score (nSPS) is 19.4. The molecule has 0 bridgehead atoms. The summed E-state index contributed by atoms with van der Waals surface area (Å²) in [5.41, 5.74) is 0. The quantitative estimate of drug-likeness (QED) is 0.778. The Labute approximate surface area is 124 Å². The lowest BCUT2D eigenvalue weighted by molar-refractivity contribution is 0.240. The van der Waals surface area contributed by atoms with Crippen LogP contribution in [0.3, 0.4) is 0 Å². The van der Waals surface area contributed by atoms with Crippen LogP contribution in [0.2, 0.25) is 0 Å². The molecule has 0 aromatic carbocycles. The minimum Gasteiger partial charge on any atom is -0.314 e. The molecule has 6 heteroatoms. The van der Waals surface area contributed by atoms with Crippen LogP contribution in [0.25, 0.3) is 0 Å². The van der Waals surface area contributed by atoms with Gasteiger partial charge in [0.25, 0.3) is 10.2 Å². The van der Waals surface area contributed by atoms with Gasteiger partial charge in [0.15, 0.2) is 0 Å². The van der Waals surface area contributed by atoms with Crippen molar-refractivity contribution in [2.24, 2.45) is 5.92 Å². The highest BCUT2D eigenvalue weighted by Gasteiger charge is 2.33. The van der Waals surface area contributed by atoms with E-state index in [1.165, 1.54) is 0 Å². The van der Waals surface area contributed by atoms with Gasteiger partial charge in [-0.05, 0) is 39.2 Å². The maximum Gasteiger partial charge on any atom is 0.282 e. The van der Waals surface area contributed by atoms with E-state index in [0.717, 1.165) is 19.4 Å². The molecule has 1 rings (SSSR count). The molecule has 0 aromatic heterocycles. The monoisotopic (exact) mass is 305 g/mol. The number of piperidine rings is 1. The number of rotatable bonds is 7. The topological polar surface area (TPSA) is 52.7 Å². The Morgan fingerprint density at radius 3 is 2.15 bits per heavy atom. The van der Waals surface area contributed by atoms with Gasteiger partial charge in [-0.1, -0.05) is 20.8 Å². The summed E-state index contributed by atoms with van der Waals surface area (Å²) in [7, 11) is -3.28. The van der Waals surface area contributed by atoms with Crippen LogP contribution >= 0.6 is 0 Å². The zero-order valence-electron chi connectivity index (χ0n) is 13.6. The molecule has 1 N–H and O–H groups in total. The van der Waals surface area contributed by atoms with E-state index < -0.39 is 10.2 Å². The molecular weight excluding hydrogens is 274 g/mol. The fourth-order valence-electron chi connectivity index (χ4n) is 2.69. The molecule has 1 saturated heterocycles. The zero-order valence-corrected chi connectivity index (χ0v) is 14.4. The average Bonchev–Trinajstić information content (AvgIpc) is 2.36. The lowest BCUT2D eigenvalue weighted by Crippen LogP contribution is -2.50. The summed E-state index contributed by atoms with van der Waals surface area (Å²) in [6.07, 6.45) is 1.91. The molecule has 5 nitrogen and oxygen atoms in total. The van der Waals surface area contributed by atoms with Gasteiger partial charge < -0.3 is 5.32 Å². The third kappa shape index (κ3) is 4.69. The van der Waals surface area contributed by atoms with Crippen LogP contribution in [0.4, 0.5) is 0 Å². The molecule has 0 spiro atoms. The summed E-state index contributed by atoms with van der Waals surface area (Å²) in [4.78, 5) is 0. The second kappa shape index (κ2) is 7.73. The van der Waals surface area contributed by atoms with Crippen LogP contribution < -0.4 is 5.32 Å². The summed E-state index contributed by atoms with van der Waals surface area (Å²) < 4.78 is 28.4. The van der Waals surface area contributed by atoms with E-state index >= 15 is 0 Å². The van der Waals surface area contributed by atoms with Gasteiger partial charge >= 0.3 is 0 Å². The Bertz CT molecular complexity index is 374. The molecule has 0 aliphatic carbocycles. The Morgan fingerprint density at radius 1 is 1.20 bits per heavy atom. The fraction of sp³-hybridized carbons (Fsp3) is 1.00. The van der Waals surface area contributed by atoms with Crippen LogP contribution in [0, 0.1) is 5.92 Å². The highest BCUT2D eigenvalue weighted by atomic mass is 32.2. The van der Waals surface area contributed by atoms with E-state index in [1.807, 2.05) is 20.8 Å². The van der Waals surface area contributed by atoms with Crippen LogP contribution in [0.5, 0.6) is 0 Å². The zero-order chi connectivity index (χ0) is 15.3. The fourth-order valence-corrected chi connectivity index (χ4v) is 4.52. The SMILES string of the molecule is CCN(C(C)C)S(=O)(=O)N1CCC(CNC(C)C)CC1. The van der Waals surface area contributed by atoms with E-state index in [-0.39, 0.29) is 6.04 Å². The Morgan fingerprint density at radius 2 is 1.75 bits per heavy atom. The minimum absolute atomic E-state index is 0.0188. The van der Waals surface area contributed by atoms with Gasteiger partial charge in [0.1, 0.15) is 0 Å². The van der Waals surface area contributed by atoms with Crippen molar-refractivity contribution in [2.45, 2.75) is 59.5 Å². The molecule has 20 heavy (non-hydrogen) atoms. The van der Waals surface area contributed by atoms with Crippen molar-refractivity contribution in [3.63, 3.8) is 0 Å². The van der Waals surface area contributed by atoms with Gasteiger partial charge in [-0.2, -0.15) is 17.0 Å². The van der Waals surface area contributed by atoms with Crippen molar-refractivity contribution in [3.8, 4) is 0 Å². The molecule has 0 aromatic rings. The van der Waals surface area contributed by atoms with Crippen LogP contribution in [0.1, 0.15) is 47.5 Å². The molecule has 0 saturated carbocycles. The Hall–Kier alpha value is -0.170. The third-order valence-electron chi connectivity index (χ3n) is 3.90. The smallest absolute Gasteiger partial charge is 0.282 e.